The van der Waals surface area contributed by atoms with Crippen molar-refractivity contribution in [3.05, 3.63) is 0 Å². The van der Waals surface area contributed by atoms with Gasteiger partial charge in [-0.3, -0.25) is 11.3 Å². The highest BCUT2D eigenvalue weighted by molar-refractivity contribution is 8.13. The summed E-state index contributed by atoms with van der Waals surface area (Å²) in [6.07, 6.45) is 0. The Balaban J connectivity index is 0. The maximum Gasteiger partial charge on any atom is 0.233 e. The third-order valence-corrected chi connectivity index (χ3v) is 1.64. The molecule has 0 aromatic carbocycles. The van der Waals surface area contributed by atoms with Gasteiger partial charge in [0.25, 0.3) is 0 Å². The van der Waals surface area contributed by atoms with Gasteiger partial charge >= 0.3 is 0 Å². The van der Waals surface area contributed by atoms with Crippen molar-refractivity contribution < 1.29 is 8.42 Å². The first-order chi connectivity index (χ1) is 3.56. The highest BCUT2D eigenvalue weighted by Crippen LogP contribution is 1.92. The van der Waals surface area contributed by atoms with Crippen LogP contribution in [0, 0.1) is 0 Å². The van der Waals surface area contributed by atoms with Crippen molar-refractivity contribution in [2.24, 2.45) is 5.84 Å². The lowest BCUT2D eigenvalue weighted by molar-refractivity contribution is 0.605. The summed E-state index contributed by atoms with van der Waals surface area (Å²) in [6, 6.07) is 0. The minimum absolute atomic E-state index is 0. The molecule has 0 aliphatic heterocycles. The standard InChI is InChI=1S/C2H7ClN2O2S.ClH/c3-8(6,7)2-1-5-4;/h5H,1-2,4H2;1H. The molecular weight excluding hydrogens is 187 g/mol. The normalized spacial score (nSPS) is 10.4. The van der Waals surface area contributed by atoms with E-state index in [1.165, 1.54) is 0 Å². The molecular formula is C2H8Cl2N2O2S. The molecule has 0 saturated heterocycles. The van der Waals surface area contributed by atoms with Crippen LogP contribution < -0.4 is 11.3 Å². The summed E-state index contributed by atoms with van der Waals surface area (Å²) in [5.74, 6) is 4.63. The van der Waals surface area contributed by atoms with Gasteiger partial charge in [-0.2, -0.15) is 0 Å². The molecule has 0 unspecified atom stereocenters. The molecule has 4 nitrogen and oxygen atoms in total. The summed E-state index contributed by atoms with van der Waals surface area (Å²) in [4.78, 5) is 0. The maximum absolute atomic E-state index is 10.1. The van der Waals surface area contributed by atoms with Crippen molar-refractivity contribution in [3.8, 4) is 0 Å². The van der Waals surface area contributed by atoms with E-state index in [1.807, 2.05) is 0 Å². The van der Waals surface area contributed by atoms with Crippen LogP contribution in [-0.2, 0) is 9.05 Å². The SMILES string of the molecule is Cl.NNCCS(=O)(=O)Cl. The predicted octanol–water partition coefficient (Wildman–Crippen LogP) is -0.560. The second-order valence-corrected chi connectivity index (χ2v) is 4.09. The van der Waals surface area contributed by atoms with E-state index < -0.39 is 9.05 Å². The number of nitrogens with one attached hydrogen (secondary N) is 1. The molecule has 0 aliphatic carbocycles. The Labute approximate surface area is 64.5 Å². The summed E-state index contributed by atoms with van der Waals surface area (Å²) in [5, 5.41) is 0. The van der Waals surface area contributed by atoms with Crippen LogP contribution in [0.25, 0.3) is 0 Å². The lowest BCUT2D eigenvalue weighted by Crippen LogP contribution is -2.27. The van der Waals surface area contributed by atoms with Crippen LogP contribution in [0.4, 0.5) is 0 Å². The van der Waals surface area contributed by atoms with Crippen molar-refractivity contribution in [2.75, 3.05) is 12.3 Å². The third kappa shape index (κ3) is 11.8. The fourth-order valence-electron chi connectivity index (χ4n) is 0.181. The van der Waals surface area contributed by atoms with E-state index >= 15 is 0 Å². The second-order valence-electron chi connectivity index (χ2n) is 1.20. The van der Waals surface area contributed by atoms with Gasteiger partial charge in [0, 0.05) is 17.2 Å². The van der Waals surface area contributed by atoms with Gasteiger partial charge in [-0.15, -0.1) is 12.4 Å². The van der Waals surface area contributed by atoms with Gasteiger partial charge < -0.3 is 0 Å². The van der Waals surface area contributed by atoms with E-state index in [0.29, 0.717) is 0 Å². The van der Waals surface area contributed by atoms with Gasteiger partial charge in [0.2, 0.25) is 9.05 Å². The van der Waals surface area contributed by atoms with Crippen LogP contribution in [0.15, 0.2) is 0 Å². The van der Waals surface area contributed by atoms with E-state index in [0.717, 1.165) is 0 Å². The van der Waals surface area contributed by atoms with Crippen molar-refractivity contribution in [3.63, 3.8) is 0 Å². The molecule has 0 heterocycles. The first-order valence-electron chi connectivity index (χ1n) is 1.92. The van der Waals surface area contributed by atoms with Crippen LogP contribution in [-0.4, -0.2) is 20.7 Å². The molecule has 0 spiro atoms. The third-order valence-electron chi connectivity index (χ3n) is 0.490. The number of rotatable bonds is 3. The lowest BCUT2D eigenvalue weighted by Gasteiger charge is -1.91. The number of hydrogen-bond donors (Lipinski definition) is 2. The molecule has 0 bridgehead atoms. The van der Waals surface area contributed by atoms with Crippen LogP contribution in [0.5, 0.6) is 0 Å². The van der Waals surface area contributed by atoms with E-state index in [4.69, 9.17) is 16.5 Å². The van der Waals surface area contributed by atoms with Gasteiger partial charge in [-0.05, 0) is 0 Å². The second kappa shape index (κ2) is 5.25. The van der Waals surface area contributed by atoms with Crippen LogP contribution in [0.3, 0.4) is 0 Å². The Morgan fingerprint density at radius 3 is 2.11 bits per heavy atom. The maximum atomic E-state index is 10.1. The van der Waals surface area contributed by atoms with Gasteiger partial charge in [-0.1, -0.05) is 0 Å². The van der Waals surface area contributed by atoms with Gasteiger partial charge in [-0.25, -0.2) is 8.42 Å². The lowest BCUT2D eigenvalue weighted by atomic mass is 10.8. The largest absolute Gasteiger partial charge is 0.271 e. The minimum Gasteiger partial charge on any atom is -0.271 e. The quantitative estimate of drug-likeness (QED) is 0.359. The van der Waals surface area contributed by atoms with Crippen molar-refractivity contribution >= 4 is 32.1 Å². The summed E-state index contributed by atoms with van der Waals surface area (Å²) in [5.41, 5.74) is 2.16. The molecule has 7 heteroatoms. The Hall–Kier alpha value is 0.450. The monoisotopic (exact) mass is 194 g/mol. The number of halogens is 2. The molecule has 0 fully saturated rings. The number of hydrazine groups is 1. The average molecular weight is 195 g/mol. The predicted molar refractivity (Wildman–Crippen MR) is 39.1 cm³/mol. The summed E-state index contributed by atoms with van der Waals surface area (Å²) < 4.78 is 20.1. The first-order valence-corrected chi connectivity index (χ1v) is 4.40. The fourth-order valence-corrected chi connectivity index (χ4v) is 0.774. The molecule has 0 atom stereocenters. The molecule has 0 radical (unpaired) electrons. The highest BCUT2D eigenvalue weighted by Gasteiger charge is 2.01. The zero-order valence-corrected chi connectivity index (χ0v) is 6.89. The minimum atomic E-state index is -3.36. The average Bonchev–Trinajstić information content (AvgIpc) is 1.59. The summed E-state index contributed by atoms with van der Waals surface area (Å²) in [7, 11) is 1.43. The highest BCUT2D eigenvalue weighted by atomic mass is 35.7. The van der Waals surface area contributed by atoms with Crippen LogP contribution in [0.2, 0.25) is 0 Å². The van der Waals surface area contributed by atoms with Gasteiger partial charge in [0.05, 0.1) is 5.75 Å². The number of nitrogens with two attached hydrogens (primary N) is 1. The Morgan fingerprint density at radius 1 is 1.56 bits per heavy atom. The van der Waals surface area contributed by atoms with E-state index in [2.05, 4.69) is 5.43 Å². The Morgan fingerprint density at radius 2 is 2.00 bits per heavy atom. The molecule has 0 aromatic heterocycles. The topological polar surface area (TPSA) is 72.2 Å². The fraction of sp³-hybridized carbons (Fsp3) is 1.00. The van der Waals surface area contributed by atoms with E-state index in [1.54, 1.807) is 0 Å². The van der Waals surface area contributed by atoms with E-state index in [9.17, 15) is 8.42 Å². The molecule has 58 valence electrons. The van der Waals surface area contributed by atoms with Gasteiger partial charge in [0.15, 0.2) is 0 Å². The zero-order valence-electron chi connectivity index (χ0n) is 4.50. The number of hydrogen-bond acceptors (Lipinski definition) is 4. The summed E-state index contributed by atoms with van der Waals surface area (Å²) >= 11 is 0. The molecule has 0 rings (SSSR count). The zero-order chi connectivity index (χ0) is 6.62. The molecule has 0 amide bonds. The first kappa shape index (κ1) is 12.2. The molecule has 3 N–H and O–H groups in total. The van der Waals surface area contributed by atoms with Crippen LogP contribution in [0.1, 0.15) is 0 Å². The van der Waals surface area contributed by atoms with E-state index in [-0.39, 0.29) is 24.7 Å². The Bertz CT molecular complexity index is 145. The molecule has 0 saturated carbocycles. The smallest absolute Gasteiger partial charge is 0.233 e. The van der Waals surface area contributed by atoms with Crippen molar-refractivity contribution in [2.45, 2.75) is 0 Å². The Kier molecular flexibility index (Phi) is 7.09. The van der Waals surface area contributed by atoms with Gasteiger partial charge in [0.1, 0.15) is 0 Å². The van der Waals surface area contributed by atoms with Crippen LogP contribution >= 0.6 is 23.1 Å². The van der Waals surface area contributed by atoms with Crippen molar-refractivity contribution in [1.29, 1.82) is 0 Å². The summed E-state index contributed by atoms with van der Waals surface area (Å²) in [6.45, 7) is 0.186. The van der Waals surface area contributed by atoms with Crippen molar-refractivity contribution in [1.82, 2.24) is 5.43 Å². The molecule has 0 aromatic rings. The molecule has 9 heavy (non-hydrogen) atoms. The molecule has 0 aliphatic rings.